The molecular formula is C15H9Br2F3N4O. The van der Waals surface area contributed by atoms with Gasteiger partial charge in [-0.3, -0.25) is 4.90 Å². The average molecular weight is 478 g/mol. The van der Waals surface area contributed by atoms with Crippen molar-refractivity contribution < 1.29 is 18.0 Å². The van der Waals surface area contributed by atoms with Crippen LogP contribution in [0.4, 0.5) is 29.3 Å². The van der Waals surface area contributed by atoms with Crippen LogP contribution in [0.25, 0.3) is 11.0 Å². The van der Waals surface area contributed by atoms with Crippen LogP contribution >= 0.6 is 31.9 Å². The number of benzene rings is 2. The monoisotopic (exact) mass is 476 g/mol. The van der Waals surface area contributed by atoms with E-state index in [2.05, 4.69) is 41.8 Å². The first-order chi connectivity index (χ1) is 11.7. The summed E-state index contributed by atoms with van der Waals surface area (Å²) < 4.78 is 40.0. The Hall–Kier alpha value is -2.07. The van der Waals surface area contributed by atoms with Crippen molar-refractivity contribution in [2.45, 2.75) is 6.18 Å². The number of hydrogen-bond donors (Lipinski definition) is 2. The molecule has 3 rings (SSSR count). The van der Waals surface area contributed by atoms with E-state index in [1.807, 2.05) is 0 Å². The summed E-state index contributed by atoms with van der Waals surface area (Å²) in [7, 11) is 0. The Morgan fingerprint density at radius 1 is 1.08 bits per heavy atom. The number of halogens is 5. The molecule has 0 fully saturated rings. The maximum absolute atomic E-state index is 13.0. The number of fused-ring (bicyclic) bond motifs is 1. The Morgan fingerprint density at radius 2 is 1.76 bits per heavy atom. The van der Waals surface area contributed by atoms with Crippen LogP contribution in [0.1, 0.15) is 5.82 Å². The molecule has 5 nitrogen and oxygen atoms in total. The molecule has 2 aromatic carbocycles. The van der Waals surface area contributed by atoms with Crippen LogP contribution in [-0.2, 0) is 6.18 Å². The minimum Gasteiger partial charge on any atom is -0.351 e. The highest BCUT2D eigenvalue weighted by Gasteiger charge is 2.36. The van der Waals surface area contributed by atoms with E-state index in [0.717, 1.165) is 4.90 Å². The number of nitrogens with two attached hydrogens (primary N) is 1. The van der Waals surface area contributed by atoms with Crippen molar-refractivity contribution in [1.82, 2.24) is 9.97 Å². The number of rotatable bonds is 2. The molecule has 3 aromatic rings. The van der Waals surface area contributed by atoms with Gasteiger partial charge in [-0.05, 0) is 56.1 Å². The Balaban J connectivity index is 2.29. The van der Waals surface area contributed by atoms with Crippen molar-refractivity contribution in [2.24, 2.45) is 5.73 Å². The van der Waals surface area contributed by atoms with Gasteiger partial charge in [0.05, 0.1) is 16.9 Å². The lowest BCUT2D eigenvalue weighted by Crippen LogP contribution is -2.31. The van der Waals surface area contributed by atoms with E-state index < -0.39 is 18.0 Å². The third-order valence-corrected chi connectivity index (χ3v) is 4.71. The first-order valence-electron chi connectivity index (χ1n) is 6.79. The molecule has 0 aliphatic carbocycles. The number of anilines is 2. The quantitative estimate of drug-likeness (QED) is 0.523. The molecule has 10 heteroatoms. The van der Waals surface area contributed by atoms with Crippen molar-refractivity contribution in [1.29, 1.82) is 0 Å². The molecule has 0 saturated heterocycles. The van der Waals surface area contributed by atoms with E-state index in [1.54, 1.807) is 24.3 Å². The number of H-pyrrole nitrogens is 1. The minimum atomic E-state index is -4.65. The third-order valence-electron chi connectivity index (χ3n) is 3.40. The number of para-hydroxylation sites is 1. The number of aromatic nitrogens is 2. The molecule has 25 heavy (non-hydrogen) atoms. The maximum atomic E-state index is 13.0. The number of carbonyl (C=O) groups is 1. The van der Waals surface area contributed by atoms with Gasteiger partial charge in [0.1, 0.15) is 5.52 Å². The zero-order chi connectivity index (χ0) is 18.4. The standard InChI is InChI=1S/C15H9Br2F3N4O/c16-7-3-1-2-4-9(7)24(14(21)25)10-6-5-8(17)11-12(10)23-13(22-11)15(18,19)20/h1-6H,(H2,21,25)(H,22,23). The van der Waals surface area contributed by atoms with Gasteiger partial charge < -0.3 is 10.7 Å². The SMILES string of the molecule is NC(=O)N(c1ccccc1Br)c1ccc(Br)c2nc(C(F)(F)F)[nH]c12. The van der Waals surface area contributed by atoms with Crippen LogP contribution in [0, 0.1) is 0 Å². The number of aromatic amines is 1. The van der Waals surface area contributed by atoms with Crippen LogP contribution in [-0.4, -0.2) is 16.0 Å². The fourth-order valence-electron chi connectivity index (χ4n) is 2.37. The van der Waals surface area contributed by atoms with E-state index >= 15 is 0 Å². The fraction of sp³-hybridized carbons (Fsp3) is 0.0667. The van der Waals surface area contributed by atoms with Gasteiger partial charge >= 0.3 is 12.2 Å². The first-order valence-corrected chi connectivity index (χ1v) is 8.38. The lowest BCUT2D eigenvalue weighted by molar-refractivity contribution is -0.144. The van der Waals surface area contributed by atoms with Crippen LogP contribution in [0.5, 0.6) is 0 Å². The molecular weight excluding hydrogens is 469 g/mol. The largest absolute Gasteiger partial charge is 0.449 e. The summed E-state index contributed by atoms with van der Waals surface area (Å²) in [5.74, 6) is -1.16. The Kier molecular flexibility index (Phi) is 4.50. The van der Waals surface area contributed by atoms with Crippen LogP contribution in [0.2, 0.25) is 0 Å². The zero-order valence-corrected chi connectivity index (χ0v) is 15.4. The number of primary amides is 1. The number of urea groups is 1. The maximum Gasteiger partial charge on any atom is 0.449 e. The van der Waals surface area contributed by atoms with E-state index in [0.29, 0.717) is 14.6 Å². The Morgan fingerprint density at radius 3 is 2.36 bits per heavy atom. The highest BCUT2D eigenvalue weighted by Crippen LogP contribution is 2.39. The van der Waals surface area contributed by atoms with E-state index in [9.17, 15) is 18.0 Å². The molecule has 0 unspecified atom stereocenters. The number of hydrogen-bond acceptors (Lipinski definition) is 2. The number of imidazole rings is 1. The van der Waals surface area contributed by atoms with Gasteiger partial charge in [-0.25, -0.2) is 9.78 Å². The Bertz CT molecular complexity index is 971. The summed E-state index contributed by atoms with van der Waals surface area (Å²) >= 11 is 6.49. The van der Waals surface area contributed by atoms with E-state index in [1.165, 1.54) is 12.1 Å². The van der Waals surface area contributed by atoms with E-state index in [4.69, 9.17) is 5.73 Å². The summed E-state index contributed by atoms with van der Waals surface area (Å²) in [6.45, 7) is 0. The number of nitrogens with zero attached hydrogens (tertiary/aromatic N) is 2. The van der Waals surface area contributed by atoms with Gasteiger partial charge in [0.2, 0.25) is 5.82 Å². The zero-order valence-electron chi connectivity index (χ0n) is 12.2. The number of carbonyl (C=O) groups excluding carboxylic acids is 1. The summed E-state index contributed by atoms with van der Waals surface area (Å²) in [5, 5.41) is 0. The topological polar surface area (TPSA) is 75.0 Å². The van der Waals surface area contributed by atoms with Crippen molar-refractivity contribution >= 4 is 60.3 Å². The van der Waals surface area contributed by atoms with Gasteiger partial charge in [0.25, 0.3) is 0 Å². The van der Waals surface area contributed by atoms with Gasteiger partial charge in [-0.2, -0.15) is 13.2 Å². The van der Waals surface area contributed by atoms with Gasteiger partial charge in [0, 0.05) is 8.95 Å². The molecule has 0 aliphatic rings. The summed E-state index contributed by atoms with van der Waals surface area (Å²) in [6, 6.07) is 8.86. The lowest BCUT2D eigenvalue weighted by Gasteiger charge is -2.22. The van der Waals surface area contributed by atoms with Gasteiger partial charge in [-0.1, -0.05) is 12.1 Å². The van der Waals surface area contributed by atoms with Crippen molar-refractivity contribution in [3.05, 3.63) is 51.2 Å². The lowest BCUT2D eigenvalue weighted by atomic mass is 10.2. The van der Waals surface area contributed by atoms with Crippen LogP contribution < -0.4 is 10.6 Å². The average Bonchev–Trinajstić information content (AvgIpc) is 2.98. The van der Waals surface area contributed by atoms with Crippen molar-refractivity contribution in [3.63, 3.8) is 0 Å². The van der Waals surface area contributed by atoms with Gasteiger partial charge in [0.15, 0.2) is 0 Å². The molecule has 3 N–H and O–H groups in total. The Labute approximate surface area is 156 Å². The molecule has 0 aliphatic heterocycles. The molecule has 2 amide bonds. The highest BCUT2D eigenvalue weighted by atomic mass is 79.9. The molecule has 0 bridgehead atoms. The second kappa shape index (κ2) is 6.34. The molecule has 0 radical (unpaired) electrons. The number of nitrogens with one attached hydrogen (secondary N) is 1. The normalized spacial score (nSPS) is 11.7. The molecule has 1 aromatic heterocycles. The first kappa shape index (κ1) is 17.7. The number of alkyl halides is 3. The molecule has 0 atom stereocenters. The summed E-state index contributed by atoms with van der Waals surface area (Å²) in [5.41, 5.74) is 6.12. The predicted octanol–water partition coefficient (Wildman–Crippen LogP) is 5.32. The predicted molar refractivity (Wildman–Crippen MR) is 94.7 cm³/mol. The van der Waals surface area contributed by atoms with Crippen LogP contribution in [0.15, 0.2) is 45.3 Å². The van der Waals surface area contributed by atoms with Crippen molar-refractivity contribution in [2.75, 3.05) is 4.90 Å². The molecule has 0 saturated carbocycles. The van der Waals surface area contributed by atoms with Crippen molar-refractivity contribution in [3.8, 4) is 0 Å². The molecule has 1 heterocycles. The second-order valence-corrected chi connectivity index (χ2v) is 6.71. The summed E-state index contributed by atoms with van der Waals surface area (Å²) in [4.78, 5) is 19.0. The molecule has 0 spiro atoms. The fourth-order valence-corrected chi connectivity index (χ4v) is 3.25. The van der Waals surface area contributed by atoms with Crippen LogP contribution in [0.3, 0.4) is 0 Å². The smallest absolute Gasteiger partial charge is 0.351 e. The number of amides is 2. The minimum absolute atomic E-state index is 0.0382. The summed E-state index contributed by atoms with van der Waals surface area (Å²) in [6.07, 6.45) is -4.65. The highest BCUT2D eigenvalue weighted by molar-refractivity contribution is 9.11. The third kappa shape index (κ3) is 3.23. The van der Waals surface area contributed by atoms with Gasteiger partial charge in [-0.15, -0.1) is 0 Å². The molecule has 130 valence electrons. The van der Waals surface area contributed by atoms with E-state index in [-0.39, 0.29) is 16.7 Å². The second-order valence-electron chi connectivity index (χ2n) is 5.00.